The maximum absolute atomic E-state index is 12.0. The second-order valence-corrected chi connectivity index (χ2v) is 27.7. The lowest BCUT2D eigenvalue weighted by molar-refractivity contribution is -0.125. The number of hydrogen-bond acceptors (Lipinski definition) is 24. The first-order chi connectivity index (χ1) is 48.0. The Bertz CT molecular complexity index is 4600. The number of nitrogen functional groups attached to an aromatic ring is 3. The van der Waals surface area contributed by atoms with Crippen molar-refractivity contribution in [2.75, 3.05) is 119 Å². The van der Waals surface area contributed by atoms with Crippen molar-refractivity contribution in [1.29, 1.82) is 0 Å². The lowest BCUT2D eigenvalue weighted by atomic mass is 10.1. The average molecular weight is 1490 g/mol. The van der Waals surface area contributed by atoms with E-state index in [0.29, 0.717) is 96.2 Å². The molecule has 9 aromatic heterocycles. The second-order valence-electron chi connectivity index (χ2n) is 24.6. The number of fused-ring (bicyclic) bond motifs is 6. The molecule has 0 unspecified atom stereocenters. The first-order valence-corrected chi connectivity index (χ1v) is 34.5. The van der Waals surface area contributed by atoms with Crippen molar-refractivity contribution in [2.24, 2.45) is 0 Å². The van der Waals surface area contributed by atoms with Gasteiger partial charge in [-0.05, 0) is 90.0 Å². The number of hydrogen-bond donors (Lipinski definition) is 6. The van der Waals surface area contributed by atoms with Crippen LogP contribution in [-0.2, 0) is 68.0 Å². The second kappa shape index (κ2) is 32.5. The molecule has 3 saturated heterocycles. The quantitative estimate of drug-likeness (QED) is 0.0477. The van der Waals surface area contributed by atoms with Crippen LogP contribution in [0.1, 0.15) is 50.5 Å². The van der Waals surface area contributed by atoms with Gasteiger partial charge in [0, 0.05) is 128 Å². The summed E-state index contributed by atoms with van der Waals surface area (Å²) in [7, 11) is 10.1. The zero-order chi connectivity index (χ0) is 69.3. The number of nitrogens with zero attached hydrogens (tertiary/aromatic N) is 12. The number of benzene rings is 3. The van der Waals surface area contributed by atoms with E-state index in [1.54, 1.807) is 76.7 Å². The van der Waals surface area contributed by atoms with Gasteiger partial charge in [0.15, 0.2) is 17.5 Å². The summed E-state index contributed by atoms with van der Waals surface area (Å²) in [5, 5.41) is 25.6. The number of piperazine rings is 3. The van der Waals surface area contributed by atoms with Gasteiger partial charge in [-0.25, -0.2) is 28.5 Å². The van der Waals surface area contributed by atoms with Gasteiger partial charge in [0.1, 0.15) is 52.8 Å². The van der Waals surface area contributed by atoms with Gasteiger partial charge in [-0.2, -0.15) is 15.3 Å². The fraction of sp³-hybridized carbons (Fsp3) is 0.348. The van der Waals surface area contributed by atoms with E-state index in [2.05, 4.69) is 118 Å². The van der Waals surface area contributed by atoms with Crippen LogP contribution >= 0.6 is 58.8 Å². The number of methoxy groups -OCH3 is 6. The fourth-order valence-corrected chi connectivity index (χ4v) is 17.2. The summed E-state index contributed by atoms with van der Waals surface area (Å²) in [5.74, 6) is 3.83. The van der Waals surface area contributed by atoms with Crippen LogP contribution < -0.4 is 47.4 Å². The molecule has 540 valence electrons. The maximum Gasteiger partial charge on any atom is 0.234 e. The van der Waals surface area contributed by atoms with Crippen molar-refractivity contribution in [3.8, 4) is 48.6 Å². The van der Waals surface area contributed by atoms with Crippen molar-refractivity contribution in [3.05, 3.63) is 124 Å². The lowest BCUT2D eigenvalue weighted by Crippen LogP contribution is -2.47. The number of carbonyl (C=O) groups excluding carboxylic acids is 3. The molecule has 0 bridgehead atoms. The molecule has 0 spiro atoms. The summed E-state index contributed by atoms with van der Waals surface area (Å²) in [6, 6.07) is 19.1. The molecule has 3 aliphatic heterocycles. The number of ether oxygens (including phenoxy) is 6. The van der Waals surface area contributed by atoms with Crippen LogP contribution in [0.25, 0.3) is 78.1 Å². The lowest BCUT2D eigenvalue weighted by Gasteiger charge is -2.26. The molecular formula is C69H82Cl2N18O10S3. The normalized spacial score (nSPS) is 14.4. The van der Waals surface area contributed by atoms with Crippen LogP contribution in [0.15, 0.2) is 73.6 Å². The number of carbonyl (C=O) groups is 3. The van der Waals surface area contributed by atoms with Crippen LogP contribution in [0.4, 0.5) is 17.5 Å². The SMILES string of the molecule is COCc1c(-c2cc3cc(C)cc(OC)c3s2)c2c(N)ncnn2c1CN1CCNC(=O)C1.COCc1c(-c2cc3cc(C)cc(OC)c3s2)c2c(N)ncnn2c1CN1CCNC(=O)C1.COCc1c(-c2cc3cc(C)cc(OC)c3s2)c2c(N)ncnn2c1CN1CCNC(=O)C1.Cl.Cl.O. The number of nitrogens with one attached hydrogen (secondary N) is 3. The van der Waals surface area contributed by atoms with Crippen molar-refractivity contribution < 1.29 is 48.3 Å². The van der Waals surface area contributed by atoms with E-state index in [9.17, 15) is 14.4 Å². The van der Waals surface area contributed by atoms with E-state index in [1.165, 1.54) is 19.0 Å². The standard InChI is InChI=1S/3C23H26N6O3S.2ClH.H2O/c3*1-13-6-14-8-18(33-22(14)17(7-13)32-3)20-15(11-31-2)16(9-28-5-4-25-19(30)10-28)29-21(20)23(24)26-12-27-29;;;/h3*6-8,12H,4-5,9-11H2,1-3H3,(H,25,30)(H2,24,26,27);2*1H;1H2. The van der Waals surface area contributed by atoms with Crippen LogP contribution in [0.2, 0.25) is 0 Å². The molecule has 3 amide bonds. The van der Waals surface area contributed by atoms with Crippen LogP contribution in [0.5, 0.6) is 17.2 Å². The highest BCUT2D eigenvalue weighted by molar-refractivity contribution is 7.23. The Hall–Kier alpha value is -9.09. The molecule has 33 heteroatoms. The smallest absolute Gasteiger partial charge is 0.234 e. The number of nitrogens with two attached hydrogens (primary N) is 3. The molecule has 3 aromatic carbocycles. The van der Waals surface area contributed by atoms with Gasteiger partial charge >= 0.3 is 0 Å². The molecule has 12 aromatic rings. The number of anilines is 3. The summed E-state index contributed by atoms with van der Waals surface area (Å²) in [6.45, 7) is 14.2. The molecule has 0 atom stereocenters. The Labute approximate surface area is 611 Å². The van der Waals surface area contributed by atoms with Gasteiger partial charge in [0.05, 0.1) is 92.0 Å². The monoisotopic (exact) mass is 1490 g/mol. The number of aryl methyl sites for hydroxylation is 3. The molecule has 0 aliphatic carbocycles. The van der Waals surface area contributed by atoms with Crippen molar-refractivity contribution in [1.82, 2.24) is 74.4 Å². The zero-order valence-electron chi connectivity index (χ0n) is 57.8. The summed E-state index contributed by atoms with van der Waals surface area (Å²) < 4.78 is 42.6. The third-order valence-corrected chi connectivity index (χ3v) is 21.3. The molecule has 3 fully saturated rings. The molecule has 12 heterocycles. The topological polar surface area (TPSA) is 353 Å². The van der Waals surface area contributed by atoms with Gasteiger partial charge in [-0.1, -0.05) is 18.2 Å². The fourth-order valence-electron chi connectivity index (χ4n) is 13.6. The highest BCUT2D eigenvalue weighted by Gasteiger charge is 2.32. The van der Waals surface area contributed by atoms with Gasteiger partial charge in [0.2, 0.25) is 17.7 Å². The largest absolute Gasteiger partial charge is 0.495 e. The van der Waals surface area contributed by atoms with Crippen molar-refractivity contribution in [2.45, 2.75) is 60.2 Å². The maximum atomic E-state index is 12.0. The number of aromatic nitrogens is 9. The highest BCUT2D eigenvalue weighted by Crippen LogP contribution is 2.48. The minimum atomic E-state index is 0. The molecule has 28 nitrogen and oxygen atoms in total. The molecule has 102 heavy (non-hydrogen) atoms. The average Bonchev–Trinajstić information content (AvgIpc) is 1.60. The van der Waals surface area contributed by atoms with E-state index in [-0.39, 0.29) is 48.0 Å². The van der Waals surface area contributed by atoms with E-state index in [1.807, 2.05) is 31.7 Å². The third kappa shape index (κ3) is 14.9. The summed E-state index contributed by atoms with van der Waals surface area (Å²) in [4.78, 5) is 58.2. The molecule has 0 radical (unpaired) electrons. The predicted molar refractivity (Wildman–Crippen MR) is 404 cm³/mol. The Morgan fingerprint density at radius 1 is 0.431 bits per heavy atom. The summed E-state index contributed by atoms with van der Waals surface area (Å²) >= 11 is 4.95. The third-order valence-electron chi connectivity index (χ3n) is 17.8. The molecular weight excluding hydrogens is 1410 g/mol. The molecule has 3 aliphatic rings. The van der Waals surface area contributed by atoms with Crippen LogP contribution in [0.3, 0.4) is 0 Å². The highest BCUT2D eigenvalue weighted by atomic mass is 35.5. The first kappa shape index (κ1) is 75.6. The zero-order valence-corrected chi connectivity index (χ0v) is 61.9. The van der Waals surface area contributed by atoms with Gasteiger partial charge in [-0.3, -0.25) is 29.1 Å². The minimum absolute atomic E-state index is 0. The summed E-state index contributed by atoms with van der Waals surface area (Å²) in [6.07, 6.45) is 4.39. The predicted octanol–water partition coefficient (Wildman–Crippen LogP) is 7.78. The summed E-state index contributed by atoms with van der Waals surface area (Å²) in [5.41, 5.74) is 33.6. The number of rotatable bonds is 18. The minimum Gasteiger partial charge on any atom is -0.495 e. The molecule has 15 rings (SSSR count). The molecule has 11 N–H and O–H groups in total. The van der Waals surface area contributed by atoms with Gasteiger partial charge in [0.25, 0.3) is 0 Å². The van der Waals surface area contributed by atoms with E-state index in [4.69, 9.17) is 45.6 Å². The van der Waals surface area contributed by atoms with Gasteiger partial charge in [-0.15, -0.1) is 58.8 Å². The van der Waals surface area contributed by atoms with Crippen molar-refractivity contribution >= 4 is 141 Å². The van der Waals surface area contributed by atoms with Crippen LogP contribution in [-0.4, -0.2) is 183 Å². The Morgan fingerprint density at radius 2 is 0.706 bits per heavy atom. The molecule has 0 saturated carbocycles. The van der Waals surface area contributed by atoms with E-state index >= 15 is 0 Å². The van der Waals surface area contributed by atoms with E-state index in [0.717, 1.165) is 165 Å². The Morgan fingerprint density at radius 3 is 0.951 bits per heavy atom. The van der Waals surface area contributed by atoms with Gasteiger partial charge < -0.3 is 67.0 Å². The van der Waals surface area contributed by atoms with E-state index < -0.39 is 0 Å². The number of amides is 3. The van der Waals surface area contributed by atoms with Crippen LogP contribution in [0, 0.1) is 20.8 Å². The Kier molecular flexibility index (Phi) is 24.1. The number of thiophene rings is 3. The Balaban J connectivity index is 0.000000162. The van der Waals surface area contributed by atoms with Crippen molar-refractivity contribution in [3.63, 3.8) is 0 Å². The first-order valence-electron chi connectivity index (χ1n) is 32.1. The number of halogens is 2.